The summed E-state index contributed by atoms with van der Waals surface area (Å²) < 4.78 is 3.79. The number of nitrogens with zero attached hydrogens (tertiary/aromatic N) is 6. The molecule has 1 amide bonds. The van der Waals surface area contributed by atoms with E-state index in [1.54, 1.807) is 11.7 Å². The van der Waals surface area contributed by atoms with E-state index in [1.807, 2.05) is 17.3 Å². The van der Waals surface area contributed by atoms with Crippen molar-refractivity contribution in [3.05, 3.63) is 35.1 Å². The van der Waals surface area contributed by atoms with Crippen LogP contribution in [0.2, 0.25) is 5.02 Å². The number of aromatic nitrogens is 4. The van der Waals surface area contributed by atoms with Crippen LogP contribution in [0.3, 0.4) is 0 Å². The van der Waals surface area contributed by atoms with Crippen molar-refractivity contribution in [1.29, 1.82) is 0 Å². The fraction of sp³-hybridized carbons (Fsp3) is 0.611. The maximum absolute atomic E-state index is 12.9. The Balaban J connectivity index is 1.69. The molecular weight excluding hydrogens is 352 g/mol. The highest BCUT2D eigenvalue weighted by Crippen LogP contribution is 2.28. The van der Waals surface area contributed by atoms with Gasteiger partial charge in [0, 0.05) is 45.0 Å². The molecule has 142 valence electrons. The number of piperidine rings is 1. The third-order valence-corrected chi connectivity index (χ3v) is 5.20. The maximum Gasteiger partial charge on any atom is 0.273 e. The van der Waals surface area contributed by atoms with E-state index in [2.05, 4.69) is 33.6 Å². The molecule has 1 unspecified atom stereocenters. The van der Waals surface area contributed by atoms with E-state index in [-0.39, 0.29) is 11.8 Å². The van der Waals surface area contributed by atoms with Crippen molar-refractivity contribution in [1.82, 2.24) is 29.1 Å². The summed E-state index contributed by atoms with van der Waals surface area (Å²) in [5, 5.41) is 4.49. The van der Waals surface area contributed by atoms with Gasteiger partial charge in [0.1, 0.15) is 11.5 Å². The van der Waals surface area contributed by atoms with E-state index < -0.39 is 0 Å². The number of imidazole rings is 1. The molecule has 2 aromatic heterocycles. The van der Waals surface area contributed by atoms with Gasteiger partial charge in [-0.2, -0.15) is 5.10 Å². The first kappa shape index (κ1) is 18.9. The minimum atomic E-state index is -0.0505. The fourth-order valence-electron chi connectivity index (χ4n) is 3.60. The molecule has 0 aliphatic carbocycles. The van der Waals surface area contributed by atoms with Gasteiger partial charge in [-0.05, 0) is 39.9 Å². The predicted molar refractivity (Wildman–Crippen MR) is 101 cm³/mol. The van der Waals surface area contributed by atoms with Gasteiger partial charge in [-0.1, -0.05) is 11.6 Å². The highest BCUT2D eigenvalue weighted by molar-refractivity contribution is 6.33. The molecule has 3 rings (SSSR count). The van der Waals surface area contributed by atoms with Crippen molar-refractivity contribution in [3.63, 3.8) is 0 Å². The Hall–Kier alpha value is -1.86. The van der Waals surface area contributed by atoms with Gasteiger partial charge in [0.05, 0.1) is 11.2 Å². The first-order valence-corrected chi connectivity index (χ1v) is 9.47. The van der Waals surface area contributed by atoms with Crippen LogP contribution in [0, 0.1) is 0 Å². The van der Waals surface area contributed by atoms with Gasteiger partial charge in [0.15, 0.2) is 0 Å². The maximum atomic E-state index is 12.9. The third kappa shape index (κ3) is 4.10. The van der Waals surface area contributed by atoms with Crippen LogP contribution >= 0.6 is 11.6 Å². The van der Waals surface area contributed by atoms with E-state index in [4.69, 9.17) is 11.6 Å². The first-order valence-electron chi connectivity index (χ1n) is 9.10. The average molecular weight is 379 g/mol. The molecule has 0 radical (unpaired) electrons. The molecule has 3 heterocycles. The van der Waals surface area contributed by atoms with Gasteiger partial charge in [-0.3, -0.25) is 9.48 Å². The zero-order valence-corrected chi connectivity index (χ0v) is 16.5. The van der Waals surface area contributed by atoms with Crippen LogP contribution in [0.15, 0.2) is 18.6 Å². The summed E-state index contributed by atoms with van der Waals surface area (Å²) in [5.41, 5.74) is 0.460. The van der Waals surface area contributed by atoms with Crippen molar-refractivity contribution < 1.29 is 4.79 Å². The van der Waals surface area contributed by atoms with Gasteiger partial charge < -0.3 is 14.4 Å². The van der Waals surface area contributed by atoms with Gasteiger partial charge in [0.2, 0.25) is 0 Å². The number of carbonyl (C=O) groups is 1. The molecule has 1 saturated heterocycles. The van der Waals surface area contributed by atoms with Crippen molar-refractivity contribution in [2.45, 2.75) is 31.7 Å². The molecule has 2 aromatic rings. The summed E-state index contributed by atoms with van der Waals surface area (Å²) in [5.74, 6) is 1.29. The van der Waals surface area contributed by atoms with E-state index in [9.17, 15) is 4.79 Å². The lowest BCUT2D eigenvalue weighted by Crippen LogP contribution is -2.40. The smallest absolute Gasteiger partial charge is 0.273 e. The van der Waals surface area contributed by atoms with E-state index in [1.165, 1.54) is 6.20 Å². The normalized spacial score (nSPS) is 17.9. The van der Waals surface area contributed by atoms with Crippen LogP contribution in [0.4, 0.5) is 0 Å². The summed E-state index contributed by atoms with van der Waals surface area (Å²) in [6.45, 7) is 3.42. The van der Waals surface area contributed by atoms with Crippen LogP contribution in [-0.2, 0) is 13.6 Å². The molecule has 0 bridgehead atoms. The number of halogens is 1. The van der Waals surface area contributed by atoms with Crippen molar-refractivity contribution in [3.8, 4) is 0 Å². The van der Waals surface area contributed by atoms with Gasteiger partial charge >= 0.3 is 0 Å². The van der Waals surface area contributed by atoms with Crippen LogP contribution < -0.4 is 0 Å². The van der Waals surface area contributed by atoms with E-state index >= 15 is 0 Å². The Bertz CT molecular complexity index is 733. The number of amides is 1. The lowest BCUT2D eigenvalue weighted by molar-refractivity contribution is 0.0692. The molecule has 0 N–H and O–H groups in total. The summed E-state index contributed by atoms with van der Waals surface area (Å²) in [4.78, 5) is 21.6. The van der Waals surface area contributed by atoms with E-state index in [0.717, 1.165) is 44.7 Å². The van der Waals surface area contributed by atoms with Crippen molar-refractivity contribution in [2.75, 3.05) is 33.7 Å². The second-order valence-corrected chi connectivity index (χ2v) is 7.60. The Labute approximate surface area is 159 Å². The molecule has 8 heteroatoms. The largest absolute Gasteiger partial charge is 0.337 e. The van der Waals surface area contributed by atoms with Crippen molar-refractivity contribution >= 4 is 17.5 Å². The monoisotopic (exact) mass is 378 g/mol. The Morgan fingerprint density at radius 3 is 2.92 bits per heavy atom. The molecule has 1 aliphatic rings. The van der Waals surface area contributed by atoms with Gasteiger partial charge in [-0.15, -0.1) is 0 Å². The minimum absolute atomic E-state index is 0.0505. The van der Waals surface area contributed by atoms with E-state index in [0.29, 0.717) is 17.3 Å². The van der Waals surface area contributed by atoms with Gasteiger partial charge in [0.25, 0.3) is 5.91 Å². The number of carbonyl (C=O) groups excluding carboxylic acids is 1. The average Bonchev–Trinajstić information content (AvgIpc) is 3.21. The van der Waals surface area contributed by atoms with Crippen LogP contribution in [-0.4, -0.2) is 68.8 Å². The summed E-state index contributed by atoms with van der Waals surface area (Å²) >= 11 is 6.15. The number of hydrogen-bond donors (Lipinski definition) is 0. The fourth-order valence-corrected chi connectivity index (χ4v) is 3.85. The first-order chi connectivity index (χ1) is 12.5. The second kappa shape index (κ2) is 8.22. The zero-order chi connectivity index (χ0) is 18.7. The topological polar surface area (TPSA) is 59.2 Å². The Morgan fingerprint density at radius 2 is 2.23 bits per heavy atom. The Kier molecular flexibility index (Phi) is 5.98. The number of rotatable bonds is 6. The van der Waals surface area contributed by atoms with Crippen LogP contribution in [0.5, 0.6) is 0 Å². The molecule has 1 aliphatic heterocycles. The summed E-state index contributed by atoms with van der Waals surface area (Å²) in [6, 6.07) is 0. The molecule has 7 nitrogen and oxygen atoms in total. The molecule has 0 saturated carbocycles. The third-order valence-electron chi connectivity index (χ3n) is 4.92. The molecule has 26 heavy (non-hydrogen) atoms. The van der Waals surface area contributed by atoms with Crippen molar-refractivity contribution in [2.24, 2.45) is 7.05 Å². The zero-order valence-electron chi connectivity index (χ0n) is 15.7. The van der Waals surface area contributed by atoms with Crippen LogP contribution in [0.25, 0.3) is 0 Å². The Morgan fingerprint density at radius 1 is 1.42 bits per heavy atom. The quantitative estimate of drug-likeness (QED) is 0.773. The standard InChI is InChI=1S/C18H27ClN6O/c1-22(2)8-5-10-24-11-7-20-17(24)14-6-4-9-25(13-14)18(26)16-15(19)12-21-23(16)3/h7,11-12,14H,4-6,8-10,13H2,1-3H3. The lowest BCUT2D eigenvalue weighted by atomic mass is 9.96. The highest BCUT2D eigenvalue weighted by atomic mass is 35.5. The second-order valence-electron chi connectivity index (χ2n) is 7.19. The lowest BCUT2D eigenvalue weighted by Gasteiger charge is -2.32. The molecule has 1 fully saturated rings. The van der Waals surface area contributed by atoms with Gasteiger partial charge in [-0.25, -0.2) is 4.98 Å². The number of aryl methyl sites for hydroxylation is 2. The predicted octanol–water partition coefficient (Wildman–Crippen LogP) is 2.24. The molecule has 0 aromatic carbocycles. The SMILES string of the molecule is CN(C)CCCn1ccnc1C1CCCN(C(=O)c2c(Cl)cnn2C)C1. The van der Waals surface area contributed by atoms with Crippen LogP contribution in [0.1, 0.15) is 41.5 Å². The molecule has 0 spiro atoms. The highest BCUT2D eigenvalue weighted by Gasteiger charge is 2.30. The summed E-state index contributed by atoms with van der Waals surface area (Å²) in [7, 11) is 5.92. The molecule has 1 atom stereocenters. The molecular formula is C18H27ClN6O. The number of likely N-dealkylation sites (tertiary alicyclic amines) is 1. The minimum Gasteiger partial charge on any atom is -0.337 e. The number of hydrogen-bond acceptors (Lipinski definition) is 4. The summed E-state index contributed by atoms with van der Waals surface area (Å²) in [6.07, 6.45) is 8.53.